The standard InChI is InChI=1S/C20H18F2N4O3S/c21-15-4-6-17(7-5-15)29-19-8-9-23-20(24-19)25-10-12-26(13-11-25)30(27,28)18-3-1-2-16(22)14-18/h1-9,14H,10-13H2. The van der Waals surface area contributed by atoms with Crippen LogP contribution < -0.4 is 9.64 Å². The van der Waals surface area contributed by atoms with Crippen LogP contribution in [0.3, 0.4) is 0 Å². The van der Waals surface area contributed by atoms with Gasteiger partial charge in [-0.1, -0.05) is 6.07 Å². The molecule has 156 valence electrons. The first-order chi connectivity index (χ1) is 14.4. The summed E-state index contributed by atoms with van der Waals surface area (Å²) in [6, 6.07) is 12.1. The highest BCUT2D eigenvalue weighted by atomic mass is 32.2. The van der Waals surface area contributed by atoms with Gasteiger partial charge in [0.15, 0.2) is 0 Å². The molecule has 7 nitrogen and oxygen atoms in total. The van der Waals surface area contributed by atoms with Crippen molar-refractivity contribution in [3.8, 4) is 11.6 Å². The second kappa shape index (κ2) is 8.33. The Morgan fingerprint density at radius 2 is 1.63 bits per heavy atom. The molecule has 2 aromatic carbocycles. The quantitative estimate of drug-likeness (QED) is 0.617. The van der Waals surface area contributed by atoms with E-state index in [0.29, 0.717) is 30.7 Å². The SMILES string of the molecule is O=S(=O)(c1cccc(F)c1)N1CCN(c2nccc(Oc3ccc(F)cc3)n2)CC1. The predicted octanol–water partition coefficient (Wildman–Crippen LogP) is 3.06. The Morgan fingerprint density at radius 1 is 0.900 bits per heavy atom. The van der Waals surface area contributed by atoms with Gasteiger partial charge < -0.3 is 9.64 Å². The lowest BCUT2D eigenvalue weighted by molar-refractivity contribution is 0.381. The van der Waals surface area contributed by atoms with Gasteiger partial charge in [0, 0.05) is 38.4 Å². The number of aromatic nitrogens is 2. The lowest BCUT2D eigenvalue weighted by Crippen LogP contribution is -2.49. The third kappa shape index (κ3) is 4.39. The van der Waals surface area contributed by atoms with Gasteiger partial charge >= 0.3 is 0 Å². The van der Waals surface area contributed by atoms with Gasteiger partial charge in [-0.2, -0.15) is 9.29 Å². The van der Waals surface area contributed by atoms with E-state index in [1.54, 1.807) is 6.07 Å². The Morgan fingerprint density at radius 3 is 2.33 bits per heavy atom. The fraction of sp³-hybridized carbons (Fsp3) is 0.200. The zero-order chi connectivity index (χ0) is 21.1. The first-order valence-electron chi connectivity index (χ1n) is 9.19. The van der Waals surface area contributed by atoms with Gasteiger partial charge in [0.25, 0.3) is 0 Å². The smallest absolute Gasteiger partial charge is 0.243 e. The summed E-state index contributed by atoms with van der Waals surface area (Å²) < 4.78 is 58.8. The Labute approximate surface area is 172 Å². The highest BCUT2D eigenvalue weighted by molar-refractivity contribution is 7.89. The van der Waals surface area contributed by atoms with Crippen molar-refractivity contribution in [3.05, 3.63) is 72.4 Å². The molecule has 30 heavy (non-hydrogen) atoms. The van der Waals surface area contributed by atoms with Crippen LogP contribution in [0.2, 0.25) is 0 Å². The van der Waals surface area contributed by atoms with Crippen LogP contribution in [0.5, 0.6) is 11.6 Å². The molecule has 3 aromatic rings. The van der Waals surface area contributed by atoms with E-state index in [1.807, 2.05) is 4.90 Å². The second-order valence-corrected chi connectivity index (χ2v) is 8.54. The molecule has 0 aliphatic carbocycles. The molecule has 10 heteroatoms. The van der Waals surface area contributed by atoms with Crippen LogP contribution in [0, 0.1) is 11.6 Å². The van der Waals surface area contributed by atoms with Crippen LogP contribution in [0.15, 0.2) is 65.7 Å². The molecule has 0 unspecified atom stereocenters. The number of rotatable bonds is 5. The molecule has 0 bridgehead atoms. The zero-order valence-electron chi connectivity index (χ0n) is 15.8. The van der Waals surface area contributed by atoms with E-state index in [0.717, 1.165) is 6.07 Å². The molecule has 1 saturated heterocycles. The largest absolute Gasteiger partial charge is 0.439 e. The van der Waals surface area contributed by atoms with Gasteiger partial charge in [-0.3, -0.25) is 0 Å². The van der Waals surface area contributed by atoms with Crippen molar-refractivity contribution in [2.24, 2.45) is 0 Å². The minimum atomic E-state index is -3.77. The number of halogens is 2. The first kappa shape index (κ1) is 20.2. The number of nitrogens with zero attached hydrogens (tertiary/aromatic N) is 4. The third-order valence-corrected chi connectivity index (χ3v) is 6.50. The van der Waals surface area contributed by atoms with Crippen molar-refractivity contribution in [2.45, 2.75) is 4.90 Å². The number of piperazine rings is 1. The Kier molecular flexibility index (Phi) is 5.60. The van der Waals surface area contributed by atoms with Gasteiger partial charge in [-0.05, 0) is 42.5 Å². The monoisotopic (exact) mass is 432 g/mol. The predicted molar refractivity (Wildman–Crippen MR) is 106 cm³/mol. The fourth-order valence-corrected chi connectivity index (χ4v) is 4.52. The summed E-state index contributed by atoms with van der Waals surface area (Å²) in [6.45, 7) is 1.17. The summed E-state index contributed by atoms with van der Waals surface area (Å²) >= 11 is 0. The average Bonchev–Trinajstić information content (AvgIpc) is 2.76. The van der Waals surface area contributed by atoms with Crippen molar-refractivity contribution in [2.75, 3.05) is 31.1 Å². The Bertz CT molecular complexity index is 1130. The molecule has 0 radical (unpaired) electrons. The van der Waals surface area contributed by atoms with E-state index in [1.165, 1.54) is 53.0 Å². The molecule has 1 aromatic heterocycles. The van der Waals surface area contributed by atoms with E-state index in [4.69, 9.17) is 4.74 Å². The van der Waals surface area contributed by atoms with Crippen LogP contribution >= 0.6 is 0 Å². The van der Waals surface area contributed by atoms with Crippen LogP contribution in [-0.4, -0.2) is 48.9 Å². The van der Waals surface area contributed by atoms with E-state index >= 15 is 0 Å². The fourth-order valence-electron chi connectivity index (χ4n) is 3.07. The van der Waals surface area contributed by atoms with E-state index in [9.17, 15) is 17.2 Å². The minimum Gasteiger partial charge on any atom is -0.439 e. The maximum Gasteiger partial charge on any atom is 0.243 e. The van der Waals surface area contributed by atoms with Crippen molar-refractivity contribution in [3.63, 3.8) is 0 Å². The zero-order valence-corrected chi connectivity index (χ0v) is 16.6. The molecule has 4 rings (SSSR count). The van der Waals surface area contributed by atoms with Gasteiger partial charge in [0.05, 0.1) is 4.90 Å². The summed E-state index contributed by atoms with van der Waals surface area (Å²) in [5.41, 5.74) is 0. The lowest BCUT2D eigenvalue weighted by Gasteiger charge is -2.34. The molecule has 1 fully saturated rings. The average molecular weight is 432 g/mol. The Hall–Kier alpha value is -3.11. The molecule has 0 amide bonds. The molecule has 1 aliphatic rings. The highest BCUT2D eigenvalue weighted by Gasteiger charge is 2.29. The maximum absolute atomic E-state index is 13.4. The van der Waals surface area contributed by atoms with Crippen LogP contribution in [0.25, 0.3) is 0 Å². The Balaban J connectivity index is 1.43. The summed E-state index contributed by atoms with van der Waals surface area (Å²) in [7, 11) is -3.77. The van der Waals surface area contributed by atoms with Crippen LogP contribution in [0.4, 0.5) is 14.7 Å². The minimum absolute atomic E-state index is 0.0677. The molecule has 0 saturated carbocycles. The van der Waals surface area contributed by atoms with E-state index in [2.05, 4.69) is 9.97 Å². The van der Waals surface area contributed by atoms with Crippen molar-refractivity contribution in [1.82, 2.24) is 14.3 Å². The molecular weight excluding hydrogens is 414 g/mol. The van der Waals surface area contributed by atoms with Gasteiger partial charge in [-0.25, -0.2) is 22.2 Å². The van der Waals surface area contributed by atoms with Crippen LogP contribution in [-0.2, 0) is 10.0 Å². The van der Waals surface area contributed by atoms with E-state index < -0.39 is 15.8 Å². The number of hydrogen-bond donors (Lipinski definition) is 0. The van der Waals surface area contributed by atoms with Gasteiger partial charge in [0.2, 0.25) is 21.9 Å². The summed E-state index contributed by atoms with van der Waals surface area (Å²) in [5.74, 6) is 0.170. The molecule has 0 atom stereocenters. The number of anilines is 1. The van der Waals surface area contributed by atoms with Crippen molar-refractivity contribution < 1.29 is 21.9 Å². The summed E-state index contributed by atoms with van der Waals surface area (Å²) in [4.78, 5) is 10.4. The number of hydrogen-bond acceptors (Lipinski definition) is 6. The number of benzene rings is 2. The third-order valence-electron chi connectivity index (χ3n) is 4.61. The lowest BCUT2D eigenvalue weighted by atomic mass is 10.3. The van der Waals surface area contributed by atoms with E-state index in [-0.39, 0.29) is 23.8 Å². The molecule has 0 spiro atoms. The van der Waals surface area contributed by atoms with Crippen molar-refractivity contribution >= 4 is 16.0 Å². The molecule has 0 N–H and O–H groups in total. The molecule has 2 heterocycles. The number of ether oxygens (including phenoxy) is 1. The summed E-state index contributed by atoms with van der Waals surface area (Å²) in [6.07, 6.45) is 1.54. The summed E-state index contributed by atoms with van der Waals surface area (Å²) in [5, 5.41) is 0. The molecular formula is C20H18F2N4O3S. The van der Waals surface area contributed by atoms with Gasteiger partial charge in [0.1, 0.15) is 17.4 Å². The second-order valence-electron chi connectivity index (χ2n) is 6.60. The first-order valence-corrected chi connectivity index (χ1v) is 10.6. The molecule has 1 aliphatic heterocycles. The normalized spacial score (nSPS) is 15.2. The maximum atomic E-state index is 13.4. The van der Waals surface area contributed by atoms with Crippen molar-refractivity contribution in [1.29, 1.82) is 0 Å². The topological polar surface area (TPSA) is 75.6 Å². The van der Waals surface area contributed by atoms with Gasteiger partial charge in [-0.15, -0.1) is 0 Å². The number of sulfonamides is 1. The highest BCUT2D eigenvalue weighted by Crippen LogP contribution is 2.23. The van der Waals surface area contributed by atoms with Crippen LogP contribution in [0.1, 0.15) is 0 Å².